The van der Waals surface area contributed by atoms with Crippen LogP contribution in [0.15, 0.2) is 65.9 Å². The van der Waals surface area contributed by atoms with E-state index in [0.717, 1.165) is 0 Å². The molecule has 0 fully saturated rings. The second-order valence-corrected chi connectivity index (χ2v) is 6.89. The minimum atomic E-state index is -1.13. The zero-order valence-electron chi connectivity index (χ0n) is 17.0. The summed E-state index contributed by atoms with van der Waals surface area (Å²) in [5.74, 6) is -2.52. The van der Waals surface area contributed by atoms with E-state index in [1.165, 1.54) is 24.3 Å². The number of ether oxygens (including phenoxy) is 1. The molecular weight excluding hydrogens is 402 g/mol. The van der Waals surface area contributed by atoms with Gasteiger partial charge in [0.05, 0.1) is 17.1 Å². The zero-order chi connectivity index (χ0) is 22.5. The molecule has 0 unspecified atom stereocenters. The number of hydrogen-bond acceptors (Lipinski definition) is 6. The fourth-order valence-corrected chi connectivity index (χ4v) is 3.50. The molecule has 9 nitrogen and oxygen atoms in total. The third-order valence-corrected chi connectivity index (χ3v) is 4.92. The SMILES string of the molecule is CCOC(=O)C1=C(C)NC(=O)[C@@H](NC(=O)c2ccccc2)[C@@H]1c1ccc([N+](=O)[O-])cc1. The Bertz CT molecular complexity index is 1050. The molecule has 1 heterocycles. The number of hydrogen-bond donors (Lipinski definition) is 2. The predicted octanol–water partition coefficient (Wildman–Crippen LogP) is 2.44. The number of non-ortho nitro benzene ring substituents is 1. The van der Waals surface area contributed by atoms with Crippen LogP contribution in [0.4, 0.5) is 5.69 Å². The van der Waals surface area contributed by atoms with Crippen LogP contribution in [0.5, 0.6) is 0 Å². The minimum Gasteiger partial charge on any atom is -0.463 e. The van der Waals surface area contributed by atoms with Gasteiger partial charge in [-0.15, -0.1) is 0 Å². The molecule has 0 spiro atoms. The summed E-state index contributed by atoms with van der Waals surface area (Å²) in [6.45, 7) is 3.35. The molecule has 2 atom stereocenters. The lowest BCUT2D eigenvalue weighted by Crippen LogP contribution is -2.54. The Hall–Kier alpha value is -4.01. The molecule has 0 radical (unpaired) electrons. The van der Waals surface area contributed by atoms with E-state index in [1.807, 2.05) is 0 Å². The quantitative estimate of drug-likeness (QED) is 0.417. The van der Waals surface area contributed by atoms with E-state index in [-0.39, 0.29) is 17.9 Å². The van der Waals surface area contributed by atoms with Crippen molar-refractivity contribution >= 4 is 23.5 Å². The van der Waals surface area contributed by atoms with Crippen LogP contribution in [-0.2, 0) is 14.3 Å². The molecule has 2 N–H and O–H groups in total. The zero-order valence-corrected chi connectivity index (χ0v) is 17.0. The van der Waals surface area contributed by atoms with Gasteiger partial charge in [0.25, 0.3) is 11.6 Å². The minimum absolute atomic E-state index is 0.123. The molecule has 9 heteroatoms. The van der Waals surface area contributed by atoms with Crippen molar-refractivity contribution in [2.75, 3.05) is 6.61 Å². The van der Waals surface area contributed by atoms with Gasteiger partial charge in [-0.3, -0.25) is 19.7 Å². The summed E-state index contributed by atoms with van der Waals surface area (Å²) in [4.78, 5) is 48.8. The van der Waals surface area contributed by atoms with Gasteiger partial charge in [0, 0.05) is 29.3 Å². The average Bonchev–Trinajstić information content (AvgIpc) is 2.76. The topological polar surface area (TPSA) is 128 Å². The van der Waals surface area contributed by atoms with Crippen LogP contribution in [0.3, 0.4) is 0 Å². The Morgan fingerprint density at radius 3 is 2.35 bits per heavy atom. The smallest absolute Gasteiger partial charge is 0.336 e. The molecule has 3 rings (SSSR count). The number of carbonyl (C=O) groups is 3. The molecule has 1 aliphatic rings. The van der Waals surface area contributed by atoms with Crippen molar-refractivity contribution in [2.45, 2.75) is 25.8 Å². The van der Waals surface area contributed by atoms with Crippen LogP contribution in [0, 0.1) is 10.1 Å². The maximum absolute atomic E-state index is 12.8. The molecule has 160 valence electrons. The average molecular weight is 423 g/mol. The normalized spacial score (nSPS) is 18.2. The van der Waals surface area contributed by atoms with Gasteiger partial charge in [-0.2, -0.15) is 0 Å². The number of nitro groups is 1. The summed E-state index contributed by atoms with van der Waals surface area (Å²) in [6.07, 6.45) is 0. The van der Waals surface area contributed by atoms with E-state index >= 15 is 0 Å². The number of esters is 1. The highest BCUT2D eigenvalue weighted by atomic mass is 16.6. The first-order valence-corrected chi connectivity index (χ1v) is 9.62. The van der Waals surface area contributed by atoms with E-state index in [4.69, 9.17) is 4.74 Å². The first-order valence-electron chi connectivity index (χ1n) is 9.62. The lowest BCUT2D eigenvalue weighted by molar-refractivity contribution is -0.384. The number of benzene rings is 2. The van der Waals surface area contributed by atoms with Crippen LogP contribution >= 0.6 is 0 Å². The first kappa shape index (κ1) is 21.7. The standard InChI is InChI=1S/C22H21N3O6/c1-3-31-22(28)17-13(2)23-21(27)19(24-20(26)15-7-5-4-6-8-15)18(17)14-9-11-16(12-10-14)25(29)30/h4-12,18-19H,3H2,1-2H3,(H,23,27)(H,24,26)/t18-,19+/m1/s1. The lowest BCUT2D eigenvalue weighted by Gasteiger charge is -2.34. The lowest BCUT2D eigenvalue weighted by atomic mass is 9.80. The second-order valence-electron chi connectivity index (χ2n) is 6.89. The Morgan fingerprint density at radius 2 is 1.77 bits per heavy atom. The Morgan fingerprint density at radius 1 is 1.13 bits per heavy atom. The molecule has 0 bridgehead atoms. The Balaban J connectivity index is 2.06. The number of nitro benzene ring substituents is 1. The highest BCUT2D eigenvalue weighted by molar-refractivity contribution is 6.02. The van der Waals surface area contributed by atoms with Crippen molar-refractivity contribution < 1.29 is 24.0 Å². The fourth-order valence-electron chi connectivity index (χ4n) is 3.50. The molecule has 2 amide bonds. The molecule has 1 aliphatic heterocycles. The molecular formula is C22H21N3O6. The third-order valence-electron chi connectivity index (χ3n) is 4.92. The summed E-state index contributed by atoms with van der Waals surface area (Å²) >= 11 is 0. The van der Waals surface area contributed by atoms with Gasteiger partial charge in [-0.25, -0.2) is 4.79 Å². The van der Waals surface area contributed by atoms with E-state index < -0.39 is 34.7 Å². The maximum atomic E-state index is 12.8. The van der Waals surface area contributed by atoms with Crippen molar-refractivity contribution in [1.29, 1.82) is 0 Å². The van der Waals surface area contributed by atoms with Gasteiger partial charge < -0.3 is 15.4 Å². The number of allylic oxidation sites excluding steroid dienone is 1. The van der Waals surface area contributed by atoms with Crippen LogP contribution in [-0.4, -0.2) is 35.4 Å². The Labute approximate surface area is 178 Å². The van der Waals surface area contributed by atoms with Gasteiger partial charge in [-0.1, -0.05) is 30.3 Å². The molecule has 0 aromatic heterocycles. The fraction of sp³-hybridized carbons (Fsp3) is 0.227. The summed E-state index contributed by atoms with van der Waals surface area (Å²) in [5, 5.41) is 16.3. The highest BCUT2D eigenvalue weighted by Gasteiger charge is 2.42. The van der Waals surface area contributed by atoms with Crippen molar-refractivity contribution in [2.24, 2.45) is 0 Å². The number of rotatable bonds is 6. The molecule has 0 saturated heterocycles. The second kappa shape index (κ2) is 9.21. The molecule has 31 heavy (non-hydrogen) atoms. The summed E-state index contributed by atoms with van der Waals surface area (Å²) in [5.41, 5.74) is 1.15. The van der Waals surface area contributed by atoms with Crippen LogP contribution < -0.4 is 10.6 Å². The van der Waals surface area contributed by atoms with Crippen molar-refractivity contribution in [3.8, 4) is 0 Å². The van der Waals surface area contributed by atoms with Gasteiger partial charge in [0.1, 0.15) is 6.04 Å². The van der Waals surface area contributed by atoms with Gasteiger partial charge in [0.2, 0.25) is 5.91 Å². The summed E-state index contributed by atoms with van der Waals surface area (Å²) < 4.78 is 5.17. The van der Waals surface area contributed by atoms with Crippen LogP contribution in [0.25, 0.3) is 0 Å². The van der Waals surface area contributed by atoms with Crippen LogP contribution in [0.1, 0.15) is 35.7 Å². The van der Waals surface area contributed by atoms with Crippen molar-refractivity contribution in [1.82, 2.24) is 10.6 Å². The van der Waals surface area contributed by atoms with Crippen LogP contribution in [0.2, 0.25) is 0 Å². The van der Waals surface area contributed by atoms with Gasteiger partial charge in [0.15, 0.2) is 0 Å². The highest BCUT2D eigenvalue weighted by Crippen LogP contribution is 2.35. The summed E-state index contributed by atoms with van der Waals surface area (Å²) in [6, 6.07) is 12.7. The molecule has 0 aliphatic carbocycles. The van der Waals surface area contributed by atoms with Crippen molar-refractivity contribution in [3.63, 3.8) is 0 Å². The van der Waals surface area contributed by atoms with Gasteiger partial charge >= 0.3 is 5.97 Å². The van der Waals surface area contributed by atoms with E-state index in [9.17, 15) is 24.5 Å². The number of nitrogens with zero attached hydrogens (tertiary/aromatic N) is 1. The predicted molar refractivity (Wildman–Crippen MR) is 111 cm³/mol. The maximum Gasteiger partial charge on any atom is 0.336 e. The number of nitrogens with one attached hydrogen (secondary N) is 2. The third kappa shape index (κ3) is 4.61. The van der Waals surface area contributed by atoms with E-state index in [1.54, 1.807) is 44.2 Å². The van der Waals surface area contributed by atoms with E-state index in [2.05, 4.69) is 10.6 Å². The molecule has 0 saturated carbocycles. The largest absolute Gasteiger partial charge is 0.463 e. The van der Waals surface area contributed by atoms with Crippen molar-refractivity contribution in [3.05, 3.63) is 87.1 Å². The molecule has 2 aromatic carbocycles. The Kier molecular flexibility index (Phi) is 6.44. The summed E-state index contributed by atoms with van der Waals surface area (Å²) in [7, 11) is 0. The van der Waals surface area contributed by atoms with Gasteiger partial charge in [-0.05, 0) is 31.5 Å². The number of carbonyl (C=O) groups excluding carboxylic acids is 3. The number of amides is 2. The van der Waals surface area contributed by atoms with E-state index in [0.29, 0.717) is 16.8 Å². The first-order chi connectivity index (χ1) is 14.8. The molecule has 2 aromatic rings. The monoisotopic (exact) mass is 423 g/mol.